The molecule has 0 radical (unpaired) electrons. The van der Waals surface area contributed by atoms with Crippen molar-refractivity contribution < 1.29 is 18.7 Å². The Morgan fingerprint density at radius 3 is 3.20 bits per heavy atom. The van der Waals surface area contributed by atoms with Gasteiger partial charge in [0.15, 0.2) is 0 Å². The van der Waals surface area contributed by atoms with Gasteiger partial charge in [-0.3, -0.25) is 4.79 Å². The molecule has 1 aromatic carbocycles. The van der Waals surface area contributed by atoms with Crippen molar-refractivity contribution in [2.75, 3.05) is 13.2 Å². The second-order valence-corrected chi connectivity index (χ2v) is 3.30. The largest absolute Gasteiger partial charge is 0.492 e. The third-order valence-corrected chi connectivity index (χ3v) is 2.32. The van der Waals surface area contributed by atoms with E-state index in [1.54, 1.807) is 6.92 Å². The summed E-state index contributed by atoms with van der Waals surface area (Å²) in [6.45, 7) is 2.29. The summed E-state index contributed by atoms with van der Waals surface area (Å²) in [4.78, 5) is 11.5. The zero-order valence-corrected chi connectivity index (χ0v) is 8.33. The molecule has 1 aliphatic rings. The molecular formula is C11H11FO3. The van der Waals surface area contributed by atoms with E-state index in [4.69, 9.17) is 9.47 Å². The number of esters is 1. The van der Waals surface area contributed by atoms with E-state index in [-0.39, 0.29) is 18.4 Å². The standard InChI is InChI=1S/C11H11FO3/c1-2-14-11(13)9-6-15-10-4-3-7(12)5-8(9)10/h3-5,9H,2,6H2,1H3. The molecule has 1 aliphatic heterocycles. The summed E-state index contributed by atoms with van der Waals surface area (Å²) in [5, 5.41) is 0. The molecule has 3 nitrogen and oxygen atoms in total. The van der Waals surface area contributed by atoms with Gasteiger partial charge in [0, 0.05) is 5.56 Å². The average Bonchev–Trinajstić information content (AvgIpc) is 2.60. The van der Waals surface area contributed by atoms with Gasteiger partial charge in [0.2, 0.25) is 0 Å². The lowest BCUT2D eigenvalue weighted by molar-refractivity contribution is -0.145. The molecule has 0 amide bonds. The fourth-order valence-electron chi connectivity index (χ4n) is 1.62. The third-order valence-electron chi connectivity index (χ3n) is 2.32. The van der Waals surface area contributed by atoms with Gasteiger partial charge in [-0.1, -0.05) is 0 Å². The van der Waals surface area contributed by atoms with Crippen molar-refractivity contribution in [3.8, 4) is 5.75 Å². The van der Waals surface area contributed by atoms with Crippen molar-refractivity contribution in [1.29, 1.82) is 0 Å². The predicted octanol–water partition coefficient (Wildman–Crippen LogP) is 1.86. The first-order valence-electron chi connectivity index (χ1n) is 4.81. The van der Waals surface area contributed by atoms with E-state index in [0.29, 0.717) is 17.9 Å². The molecule has 0 bridgehead atoms. The molecule has 0 fully saturated rings. The molecule has 1 unspecified atom stereocenters. The van der Waals surface area contributed by atoms with Gasteiger partial charge in [0.1, 0.15) is 24.1 Å². The number of hydrogen-bond acceptors (Lipinski definition) is 3. The SMILES string of the molecule is CCOC(=O)C1COc2ccc(F)cc21. The lowest BCUT2D eigenvalue weighted by atomic mass is 10.0. The molecule has 1 atom stereocenters. The van der Waals surface area contributed by atoms with Crippen LogP contribution in [0.3, 0.4) is 0 Å². The first-order valence-corrected chi connectivity index (χ1v) is 4.81. The van der Waals surface area contributed by atoms with E-state index < -0.39 is 5.92 Å². The fourth-order valence-corrected chi connectivity index (χ4v) is 1.62. The minimum Gasteiger partial charge on any atom is -0.492 e. The van der Waals surface area contributed by atoms with Gasteiger partial charge in [-0.25, -0.2) is 4.39 Å². The van der Waals surface area contributed by atoms with Crippen LogP contribution in [0.1, 0.15) is 18.4 Å². The second-order valence-electron chi connectivity index (χ2n) is 3.30. The number of rotatable bonds is 2. The van der Waals surface area contributed by atoms with Crippen molar-refractivity contribution in [3.63, 3.8) is 0 Å². The van der Waals surface area contributed by atoms with E-state index >= 15 is 0 Å². The Hall–Kier alpha value is -1.58. The Bertz CT molecular complexity index is 389. The molecule has 0 saturated carbocycles. The van der Waals surface area contributed by atoms with Crippen LogP contribution >= 0.6 is 0 Å². The molecule has 80 valence electrons. The van der Waals surface area contributed by atoms with E-state index in [2.05, 4.69) is 0 Å². The van der Waals surface area contributed by atoms with Crippen LogP contribution in [-0.4, -0.2) is 19.2 Å². The maximum absolute atomic E-state index is 13.0. The normalized spacial score (nSPS) is 18.1. The zero-order chi connectivity index (χ0) is 10.8. The van der Waals surface area contributed by atoms with E-state index in [9.17, 15) is 9.18 Å². The Labute approximate surface area is 86.8 Å². The summed E-state index contributed by atoms with van der Waals surface area (Å²) in [6, 6.07) is 4.17. The van der Waals surface area contributed by atoms with Crippen molar-refractivity contribution in [3.05, 3.63) is 29.6 Å². The number of ether oxygens (including phenoxy) is 2. The van der Waals surface area contributed by atoms with Crippen LogP contribution in [0.2, 0.25) is 0 Å². The number of carbonyl (C=O) groups is 1. The highest BCUT2D eigenvalue weighted by Crippen LogP contribution is 2.34. The van der Waals surface area contributed by atoms with Gasteiger partial charge < -0.3 is 9.47 Å². The first kappa shape index (κ1) is 9.96. The number of halogens is 1. The first-order chi connectivity index (χ1) is 7.22. The maximum Gasteiger partial charge on any atom is 0.317 e. The number of fused-ring (bicyclic) bond motifs is 1. The van der Waals surface area contributed by atoms with Crippen molar-refractivity contribution >= 4 is 5.97 Å². The molecule has 0 N–H and O–H groups in total. The monoisotopic (exact) mass is 210 g/mol. The van der Waals surface area contributed by atoms with Crippen LogP contribution in [0.4, 0.5) is 4.39 Å². The molecule has 4 heteroatoms. The van der Waals surface area contributed by atoms with E-state index in [0.717, 1.165) is 0 Å². The minimum absolute atomic E-state index is 0.234. The van der Waals surface area contributed by atoms with Gasteiger partial charge in [-0.05, 0) is 25.1 Å². The van der Waals surface area contributed by atoms with E-state index in [1.165, 1.54) is 18.2 Å². The second kappa shape index (κ2) is 3.88. The summed E-state index contributed by atoms with van der Waals surface area (Å²) in [7, 11) is 0. The lowest BCUT2D eigenvalue weighted by Crippen LogP contribution is -2.17. The van der Waals surface area contributed by atoms with Crippen LogP contribution in [0.15, 0.2) is 18.2 Å². The Balaban J connectivity index is 2.27. The quantitative estimate of drug-likeness (QED) is 0.699. The maximum atomic E-state index is 13.0. The van der Waals surface area contributed by atoms with Gasteiger partial charge >= 0.3 is 5.97 Å². The molecule has 0 saturated heterocycles. The van der Waals surface area contributed by atoms with Gasteiger partial charge in [-0.2, -0.15) is 0 Å². The Morgan fingerprint density at radius 1 is 1.67 bits per heavy atom. The van der Waals surface area contributed by atoms with Crippen LogP contribution in [0.25, 0.3) is 0 Å². The Morgan fingerprint density at radius 2 is 2.47 bits per heavy atom. The molecule has 1 aromatic rings. The number of benzene rings is 1. The summed E-state index contributed by atoms with van der Waals surface area (Å²) in [5.41, 5.74) is 0.577. The summed E-state index contributed by atoms with van der Waals surface area (Å²) < 4.78 is 23.1. The summed E-state index contributed by atoms with van der Waals surface area (Å²) in [5.74, 6) is -0.652. The highest BCUT2D eigenvalue weighted by Gasteiger charge is 2.31. The fraction of sp³-hybridized carbons (Fsp3) is 0.364. The van der Waals surface area contributed by atoms with E-state index in [1.807, 2.05) is 0 Å². The smallest absolute Gasteiger partial charge is 0.317 e. The zero-order valence-electron chi connectivity index (χ0n) is 8.33. The Kier molecular flexibility index (Phi) is 2.58. The van der Waals surface area contributed by atoms with Gasteiger partial charge in [0.05, 0.1) is 6.61 Å². The highest BCUT2D eigenvalue weighted by atomic mass is 19.1. The van der Waals surface area contributed by atoms with Crippen LogP contribution in [0.5, 0.6) is 5.75 Å². The highest BCUT2D eigenvalue weighted by molar-refractivity contribution is 5.80. The van der Waals surface area contributed by atoms with Gasteiger partial charge in [0.25, 0.3) is 0 Å². The van der Waals surface area contributed by atoms with Crippen molar-refractivity contribution in [1.82, 2.24) is 0 Å². The molecular weight excluding hydrogens is 199 g/mol. The van der Waals surface area contributed by atoms with Crippen molar-refractivity contribution in [2.24, 2.45) is 0 Å². The van der Waals surface area contributed by atoms with Crippen LogP contribution in [0, 0.1) is 5.82 Å². The molecule has 2 rings (SSSR count). The molecule has 0 aromatic heterocycles. The molecule has 1 heterocycles. The van der Waals surface area contributed by atoms with Crippen LogP contribution < -0.4 is 4.74 Å². The van der Waals surface area contributed by atoms with Gasteiger partial charge in [-0.15, -0.1) is 0 Å². The number of carbonyl (C=O) groups excluding carboxylic acids is 1. The third kappa shape index (κ3) is 1.79. The summed E-state index contributed by atoms with van der Waals surface area (Å²) in [6.07, 6.45) is 0. The molecule has 0 spiro atoms. The molecule has 15 heavy (non-hydrogen) atoms. The summed E-state index contributed by atoms with van der Waals surface area (Å²) >= 11 is 0. The topological polar surface area (TPSA) is 35.5 Å². The lowest BCUT2D eigenvalue weighted by Gasteiger charge is -2.07. The van der Waals surface area contributed by atoms with Crippen LogP contribution in [-0.2, 0) is 9.53 Å². The van der Waals surface area contributed by atoms with Crippen molar-refractivity contribution in [2.45, 2.75) is 12.8 Å². The minimum atomic E-state index is -0.490. The predicted molar refractivity (Wildman–Crippen MR) is 51.3 cm³/mol. The number of hydrogen-bond donors (Lipinski definition) is 0. The molecule has 0 aliphatic carbocycles. The average molecular weight is 210 g/mol.